The molecular weight excluding hydrogens is 300 g/mol. The van der Waals surface area contributed by atoms with Crippen LogP contribution in [0, 0.1) is 6.92 Å². The van der Waals surface area contributed by atoms with E-state index in [1.54, 1.807) is 68.1 Å². The SMILES string of the molecule is Cc1ccccc1S(=O)(=O)Oc1ccc(-n2ccnc2)cc1. The third-order valence-electron chi connectivity index (χ3n) is 3.21. The van der Waals surface area contributed by atoms with Gasteiger partial charge in [0, 0.05) is 18.1 Å². The van der Waals surface area contributed by atoms with Crippen molar-refractivity contribution in [1.29, 1.82) is 0 Å². The first-order chi connectivity index (χ1) is 10.6. The van der Waals surface area contributed by atoms with E-state index >= 15 is 0 Å². The molecule has 3 aromatic rings. The van der Waals surface area contributed by atoms with Crippen LogP contribution in [0.15, 0.2) is 72.1 Å². The molecule has 6 heteroatoms. The van der Waals surface area contributed by atoms with Gasteiger partial charge in [0.1, 0.15) is 10.6 Å². The van der Waals surface area contributed by atoms with Crippen LogP contribution in [0.2, 0.25) is 0 Å². The predicted octanol–water partition coefficient (Wildman–Crippen LogP) is 2.95. The van der Waals surface area contributed by atoms with Crippen LogP contribution in [0.5, 0.6) is 5.75 Å². The summed E-state index contributed by atoms with van der Waals surface area (Å²) in [5.41, 5.74) is 1.52. The van der Waals surface area contributed by atoms with Crippen molar-refractivity contribution >= 4 is 10.1 Å². The summed E-state index contributed by atoms with van der Waals surface area (Å²) in [5, 5.41) is 0. The molecule has 0 fully saturated rings. The lowest BCUT2D eigenvalue weighted by Crippen LogP contribution is -2.11. The summed E-state index contributed by atoms with van der Waals surface area (Å²) in [6, 6.07) is 13.5. The van der Waals surface area contributed by atoms with Crippen molar-refractivity contribution in [3.05, 3.63) is 72.8 Å². The highest BCUT2D eigenvalue weighted by Crippen LogP contribution is 2.22. The first-order valence-electron chi connectivity index (χ1n) is 6.65. The van der Waals surface area contributed by atoms with Gasteiger partial charge >= 0.3 is 10.1 Å². The van der Waals surface area contributed by atoms with Crippen molar-refractivity contribution in [3.8, 4) is 11.4 Å². The first kappa shape index (κ1) is 14.3. The second-order valence-corrected chi connectivity index (χ2v) is 6.28. The maximum absolute atomic E-state index is 12.3. The van der Waals surface area contributed by atoms with Crippen molar-refractivity contribution in [2.75, 3.05) is 0 Å². The third kappa shape index (κ3) is 2.87. The number of imidazole rings is 1. The van der Waals surface area contributed by atoms with Crippen molar-refractivity contribution < 1.29 is 12.6 Å². The van der Waals surface area contributed by atoms with E-state index in [2.05, 4.69) is 4.98 Å². The Kier molecular flexibility index (Phi) is 3.68. The maximum Gasteiger partial charge on any atom is 0.339 e. The Morgan fingerprint density at radius 1 is 1.05 bits per heavy atom. The van der Waals surface area contributed by atoms with Crippen LogP contribution in [0.25, 0.3) is 5.69 Å². The zero-order valence-electron chi connectivity index (χ0n) is 11.9. The minimum absolute atomic E-state index is 0.175. The van der Waals surface area contributed by atoms with E-state index in [4.69, 9.17) is 4.18 Å². The monoisotopic (exact) mass is 314 g/mol. The summed E-state index contributed by atoms with van der Waals surface area (Å²) in [6.45, 7) is 1.73. The van der Waals surface area contributed by atoms with Gasteiger partial charge in [-0.05, 0) is 42.8 Å². The van der Waals surface area contributed by atoms with Crippen LogP contribution < -0.4 is 4.18 Å². The molecule has 112 valence electrons. The van der Waals surface area contributed by atoms with Gasteiger partial charge in [-0.25, -0.2) is 4.98 Å². The van der Waals surface area contributed by atoms with Crippen LogP contribution in [0.1, 0.15) is 5.56 Å². The predicted molar refractivity (Wildman–Crippen MR) is 82.6 cm³/mol. The maximum atomic E-state index is 12.3. The van der Waals surface area contributed by atoms with Gasteiger partial charge in [0.15, 0.2) is 0 Å². The second-order valence-electron chi connectivity index (χ2n) is 4.77. The van der Waals surface area contributed by atoms with Crippen molar-refractivity contribution in [2.45, 2.75) is 11.8 Å². The van der Waals surface area contributed by atoms with E-state index in [0.717, 1.165) is 5.69 Å². The van der Waals surface area contributed by atoms with E-state index in [-0.39, 0.29) is 10.6 Å². The van der Waals surface area contributed by atoms with Gasteiger partial charge in [0.05, 0.1) is 6.33 Å². The highest BCUT2D eigenvalue weighted by Gasteiger charge is 2.18. The molecule has 0 atom stereocenters. The molecule has 2 aromatic carbocycles. The Labute approximate surface area is 128 Å². The standard InChI is InChI=1S/C16H14N2O3S/c1-13-4-2-3-5-16(13)22(19,20)21-15-8-6-14(7-9-15)18-11-10-17-12-18/h2-12H,1H3. The molecule has 3 rings (SSSR count). The van der Waals surface area contributed by atoms with E-state index < -0.39 is 10.1 Å². The minimum Gasteiger partial charge on any atom is -0.379 e. The number of nitrogens with zero attached hydrogens (tertiary/aromatic N) is 2. The van der Waals surface area contributed by atoms with E-state index in [1.807, 2.05) is 4.57 Å². The molecule has 1 heterocycles. The zero-order chi connectivity index (χ0) is 15.6. The average molecular weight is 314 g/mol. The molecule has 0 bridgehead atoms. The zero-order valence-corrected chi connectivity index (χ0v) is 12.7. The van der Waals surface area contributed by atoms with Crippen LogP contribution in [-0.2, 0) is 10.1 Å². The van der Waals surface area contributed by atoms with Crippen LogP contribution >= 0.6 is 0 Å². The van der Waals surface area contributed by atoms with Gasteiger partial charge in [0.2, 0.25) is 0 Å². The van der Waals surface area contributed by atoms with Crippen LogP contribution in [0.4, 0.5) is 0 Å². The molecule has 0 radical (unpaired) electrons. The van der Waals surface area contributed by atoms with E-state index in [0.29, 0.717) is 5.56 Å². The highest BCUT2D eigenvalue weighted by molar-refractivity contribution is 7.87. The highest BCUT2D eigenvalue weighted by atomic mass is 32.2. The number of aromatic nitrogens is 2. The molecule has 0 amide bonds. The van der Waals surface area contributed by atoms with Crippen molar-refractivity contribution in [2.24, 2.45) is 0 Å². The lowest BCUT2D eigenvalue weighted by molar-refractivity contribution is 0.485. The first-order valence-corrected chi connectivity index (χ1v) is 8.05. The molecule has 0 unspecified atom stereocenters. The Morgan fingerprint density at radius 2 is 1.77 bits per heavy atom. The number of benzene rings is 2. The molecule has 0 N–H and O–H groups in total. The van der Waals surface area contributed by atoms with Gasteiger partial charge in [-0.2, -0.15) is 8.42 Å². The normalized spacial score (nSPS) is 11.3. The summed E-state index contributed by atoms with van der Waals surface area (Å²) >= 11 is 0. The van der Waals surface area contributed by atoms with E-state index in [1.165, 1.54) is 6.07 Å². The lowest BCUT2D eigenvalue weighted by atomic mass is 10.2. The van der Waals surface area contributed by atoms with Crippen LogP contribution in [-0.4, -0.2) is 18.0 Å². The Hall–Kier alpha value is -2.60. The van der Waals surface area contributed by atoms with Crippen LogP contribution in [0.3, 0.4) is 0 Å². The summed E-state index contributed by atoms with van der Waals surface area (Å²) in [6.07, 6.45) is 5.15. The Bertz CT molecular complexity index is 870. The fourth-order valence-corrected chi connectivity index (χ4v) is 3.26. The smallest absolute Gasteiger partial charge is 0.339 e. The van der Waals surface area contributed by atoms with Gasteiger partial charge in [-0.1, -0.05) is 18.2 Å². The fraction of sp³-hybridized carbons (Fsp3) is 0.0625. The van der Waals surface area contributed by atoms with Gasteiger partial charge in [-0.15, -0.1) is 0 Å². The number of aryl methyl sites for hydroxylation is 1. The topological polar surface area (TPSA) is 61.2 Å². The second kappa shape index (κ2) is 5.65. The number of rotatable bonds is 4. The molecule has 22 heavy (non-hydrogen) atoms. The molecule has 1 aromatic heterocycles. The molecule has 0 saturated carbocycles. The van der Waals surface area contributed by atoms with E-state index in [9.17, 15) is 8.42 Å². The quantitative estimate of drug-likeness (QED) is 0.695. The van der Waals surface area contributed by atoms with Gasteiger partial charge in [0.25, 0.3) is 0 Å². The molecule has 0 aliphatic heterocycles. The van der Waals surface area contributed by atoms with Gasteiger partial charge < -0.3 is 8.75 Å². The molecule has 0 saturated heterocycles. The summed E-state index contributed by atoms with van der Waals surface area (Å²) in [4.78, 5) is 4.14. The molecular formula is C16H14N2O3S. The number of hydrogen-bond acceptors (Lipinski definition) is 4. The fourth-order valence-electron chi connectivity index (χ4n) is 2.09. The lowest BCUT2D eigenvalue weighted by Gasteiger charge is -2.09. The Morgan fingerprint density at radius 3 is 2.41 bits per heavy atom. The molecule has 0 aliphatic rings. The summed E-state index contributed by atoms with van der Waals surface area (Å²) in [5.74, 6) is 0.270. The minimum atomic E-state index is -3.83. The van der Waals surface area contributed by atoms with Crippen molar-refractivity contribution in [1.82, 2.24) is 9.55 Å². The largest absolute Gasteiger partial charge is 0.379 e. The molecule has 0 spiro atoms. The third-order valence-corrected chi connectivity index (χ3v) is 4.62. The number of hydrogen-bond donors (Lipinski definition) is 0. The molecule has 0 aliphatic carbocycles. The average Bonchev–Trinajstić information content (AvgIpc) is 3.02. The Balaban J connectivity index is 1.86. The summed E-state index contributed by atoms with van der Waals surface area (Å²) < 4.78 is 31.6. The molecule has 5 nitrogen and oxygen atoms in total. The summed E-state index contributed by atoms with van der Waals surface area (Å²) in [7, 11) is -3.83. The van der Waals surface area contributed by atoms with Crippen molar-refractivity contribution in [3.63, 3.8) is 0 Å². The van der Waals surface area contributed by atoms with Gasteiger partial charge in [-0.3, -0.25) is 0 Å².